The van der Waals surface area contributed by atoms with Crippen molar-refractivity contribution in [1.82, 2.24) is 0 Å². The Morgan fingerprint density at radius 1 is 1.33 bits per heavy atom. The molecular weight excluding hydrogens is 194 g/mol. The second kappa shape index (κ2) is 3.61. The van der Waals surface area contributed by atoms with Crippen LogP contribution in [0.2, 0.25) is 0 Å². The van der Waals surface area contributed by atoms with E-state index in [1.165, 1.54) is 6.34 Å². The maximum absolute atomic E-state index is 10.8. The van der Waals surface area contributed by atoms with Crippen molar-refractivity contribution in [2.45, 2.75) is 12.1 Å². The summed E-state index contributed by atoms with van der Waals surface area (Å²) in [6.07, 6.45) is 1.10. The predicted octanol–water partition coefficient (Wildman–Crippen LogP) is 1.81. The lowest BCUT2D eigenvalue weighted by Crippen LogP contribution is -2.22. The standard InChI is InChI=1S/C10H9N3O2/c14-9(15)6-10(11-7-12-13-10)8-4-2-1-3-5-8/h1-5,7H,6H2,(H,14,15). The highest BCUT2D eigenvalue weighted by molar-refractivity contribution is 5.70. The number of hydrogen-bond donors (Lipinski definition) is 1. The van der Waals surface area contributed by atoms with Gasteiger partial charge in [0.1, 0.15) is 6.34 Å². The second-order valence-corrected chi connectivity index (χ2v) is 3.21. The quantitative estimate of drug-likeness (QED) is 0.813. The zero-order chi connectivity index (χ0) is 10.7. The normalized spacial score (nSPS) is 23.2. The molecule has 0 bridgehead atoms. The van der Waals surface area contributed by atoms with Crippen LogP contribution in [0.15, 0.2) is 45.6 Å². The maximum atomic E-state index is 10.8. The molecule has 0 amide bonds. The highest BCUT2D eigenvalue weighted by atomic mass is 16.4. The van der Waals surface area contributed by atoms with Crippen molar-refractivity contribution in [3.05, 3.63) is 35.9 Å². The third kappa shape index (κ3) is 1.76. The number of benzene rings is 1. The van der Waals surface area contributed by atoms with E-state index in [9.17, 15) is 4.79 Å². The van der Waals surface area contributed by atoms with Gasteiger partial charge in [0.2, 0.25) is 5.66 Å². The van der Waals surface area contributed by atoms with Gasteiger partial charge in [-0.2, -0.15) is 5.11 Å². The van der Waals surface area contributed by atoms with E-state index in [1.807, 2.05) is 18.2 Å². The minimum Gasteiger partial charge on any atom is -0.481 e. The van der Waals surface area contributed by atoms with Crippen molar-refractivity contribution in [1.29, 1.82) is 0 Å². The van der Waals surface area contributed by atoms with E-state index >= 15 is 0 Å². The summed E-state index contributed by atoms with van der Waals surface area (Å²) < 4.78 is 0. The molecule has 0 saturated carbocycles. The fourth-order valence-electron chi connectivity index (χ4n) is 1.50. The molecule has 0 saturated heterocycles. The molecule has 0 spiro atoms. The Labute approximate surface area is 86.2 Å². The molecule has 5 heteroatoms. The second-order valence-electron chi connectivity index (χ2n) is 3.21. The molecule has 1 N–H and O–H groups in total. The highest BCUT2D eigenvalue weighted by Crippen LogP contribution is 2.33. The summed E-state index contributed by atoms with van der Waals surface area (Å²) in [7, 11) is 0. The molecule has 2 rings (SSSR count). The van der Waals surface area contributed by atoms with Crippen LogP contribution in [0.3, 0.4) is 0 Å². The van der Waals surface area contributed by atoms with Crippen molar-refractivity contribution in [2.75, 3.05) is 0 Å². The van der Waals surface area contributed by atoms with Crippen LogP contribution in [0.25, 0.3) is 0 Å². The summed E-state index contributed by atoms with van der Waals surface area (Å²) in [5, 5.41) is 16.4. The zero-order valence-corrected chi connectivity index (χ0v) is 7.87. The molecule has 0 aromatic heterocycles. The van der Waals surface area contributed by atoms with E-state index in [0.29, 0.717) is 0 Å². The van der Waals surface area contributed by atoms with Gasteiger partial charge in [-0.3, -0.25) is 4.79 Å². The number of carbonyl (C=O) groups is 1. The molecule has 0 radical (unpaired) electrons. The number of carboxylic acids is 1. The fraction of sp³-hybridized carbons (Fsp3) is 0.200. The molecule has 1 aromatic rings. The molecule has 1 unspecified atom stereocenters. The van der Waals surface area contributed by atoms with Gasteiger partial charge in [-0.1, -0.05) is 30.3 Å². The van der Waals surface area contributed by atoms with Gasteiger partial charge in [0.15, 0.2) is 0 Å². The van der Waals surface area contributed by atoms with E-state index in [4.69, 9.17) is 5.11 Å². The van der Waals surface area contributed by atoms with Gasteiger partial charge >= 0.3 is 5.97 Å². The Morgan fingerprint density at radius 3 is 2.60 bits per heavy atom. The minimum atomic E-state index is -1.06. The molecular formula is C10H9N3O2. The third-order valence-electron chi connectivity index (χ3n) is 2.18. The lowest BCUT2D eigenvalue weighted by Gasteiger charge is -2.19. The van der Waals surface area contributed by atoms with Crippen molar-refractivity contribution < 1.29 is 9.90 Å². The Hall–Kier alpha value is -2.04. The molecule has 76 valence electrons. The van der Waals surface area contributed by atoms with Gasteiger partial charge in [0, 0.05) is 5.56 Å². The van der Waals surface area contributed by atoms with Crippen LogP contribution in [-0.2, 0) is 10.5 Å². The van der Waals surface area contributed by atoms with Crippen LogP contribution in [0.5, 0.6) is 0 Å². The number of aliphatic imine (C=N–C) groups is 1. The zero-order valence-electron chi connectivity index (χ0n) is 7.87. The average molecular weight is 203 g/mol. The molecule has 1 aromatic carbocycles. The number of azo groups is 1. The average Bonchev–Trinajstić information content (AvgIpc) is 2.68. The maximum Gasteiger partial charge on any atom is 0.308 e. The topological polar surface area (TPSA) is 74.4 Å². The van der Waals surface area contributed by atoms with Gasteiger partial charge in [0.25, 0.3) is 0 Å². The molecule has 1 atom stereocenters. The van der Waals surface area contributed by atoms with Crippen LogP contribution in [0, 0.1) is 0 Å². The van der Waals surface area contributed by atoms with Crippen LogP contribution in [0.1, 0.15) is 12.0 Å². The summed E-state index contributed by atoms with van der Waals surface area (Å²) in [5.74, 6) is -0.947. The van der Waals surface area contributed by atoms with E-state index in [0.717, 1.165) is 5.56 Å². The smallest absolute Gasteiger partial charge is 0.308 e. The van der Waals surface area contributed by atoms with Crippen LogP contribution >= 0.6 is 0 Å². The summed E-state index contributed by atoms with van der Waals surface area (Å²) in [6.45, 7) is 0. The highest BCUT2D eigenvalue weighted by Gasteiger charge is 2.36. The van der Waals surface area contributed by atoms with Gasteiger partial charge in [-0.25, -0.2) is 4.99 Å². The van der Waals surface area contributed by atoms with Crippen LogP contribution < -0.4 is 0 Å². The Bertz CT molecular complexity index is 414. The number of nitrogens with zero attached hydrogens (tertiary/aromatic N) is 3. The van der Waals surface area contributed by atoms with Crippen LogP contribution in [0.4, 0.5) is 0 Å². The first-order valence-corrected chi connectivity index (χ1v) is 4.46. The Balaban J connectivity index is 2.40. The largest absolute Gasteiger partial charge is 0.481 e. The molecule has 5 nitrogen and oxygen atoms in total. The van der Waals surface area contributed by atoms with Gasteiger partial charge in [-0.05, 0) is 0 Å². The monoisotopic (exact) mass is 203 g/mol. The van der Waals surface area contributed by atoms with Crippen LogP contribution in [-0.4, -0.2) is 17.4 Å². The Kier molecular flexibility index (Phi) is 2.29. The van der Waals surface area contributed by atoms with Crippen molar-refractivity contribution in [2.24, 2.45) is 15.2 Å². The number of carboxylic acid groups (broad SMARTS) is 1. The fourth-order valence-corrected chi connectivity index (χ4v) is 1.50. The first-order chi connectivity index (χ1) is 7.23. The van der Waals surface area contributed by atoms with E-state index in [2.05, 4.69) is 15.2 Å². The van der Waals surface area contributed by atoms with Crippen molar-refractivity contribution in [3.63, 3.8) is 0 Å². The lowest BCUT2D eigenvalue weighted by molar-refractivity contribution is -0.138. The van der Waals surface area contributed by atoms with E-state index < -0.39 is 11.6 Å². The molecule has 1 heterocycles. The first kappa shape index (κ1) is 9.51. The summed E-state index contributed by atoms with van der Waals surface area (Å²) in [5.41, 5.74) is -0.322. The minimum absolute atomic E-state index is 0.184. The summed E-state index contributed by atoms with van der Waals surface area (Å²) >= 11 is 0. The summed E-state index contributed by atoms with van der Waals surface area (Å²) in [6, 6.07) is 9.09. The van der Waals surface area contributed by atoms with Gasteiger partial charge in [-0.15, -0.1) is 5.11 Å². The number of aliphatic carboxylic acids is 1. The molecule has 1 aliphatic heterocycles. The molecule has 0 aliphatic carbocycles. The van der Waals surface area contributed by atoms with Crippen molar-refractivity contribution in [3.8, 4) is 0 Å². The molecule has 0 fully saturated rings. The third-order valence-corrected chi connectivity index (χ3v) is 2.18. The first-order valence-electron chi connectivity index (χ1n) is 4.46. The molecule has 15 heavy (non-hydrogen) atoms. The summed E-state index contributed by atoms with van der Waals surface area (Å²) in [4.78, 5) is 14.8. The SMILES string of the molecule is O=C(O)CC1(c2ccccc2)N=CN=N1. The lowest BCUT2D eigenvalue weighted by atomic mass is 9.97. The van der Waals surface area contributed by atoms with Gasteiger partial charge in [0.05, 0.1) is 6.42 Å². The number of hydrogen-bond acceptors (Lipinski definition) is 4. The molecule has 1 aliphatic rings. The van der Waals surface area contributed by atoms with Gasteiger partial charge < -0.3 is 5.11 Å². The van der Waals surface area contributed by atoms with E-state index in [1.54, 1.807) is 12.1 Å². The predicted molar refractivity (Wildman–Crippen MR) is 53.7 cm³/mol. The van der Waals surface area contributed by atoms with Crippen molar-refractivity contribution >= 4 is 12.3 Å². The number of rotatable bonds is 3. The van der Waals surface area contributed by atoms with E-state index in [-0.39, 0.29) is 6.42 Å². The Morgan fingerprint density at radius 2 is 2.07 bits per heavy atom.